The first kappa shape index (κ1) is 18.1. The Morgan fingerprint density at radius 3 is 2.18 bits per heavy atom. The first-order valence-corrected chi connectivity index (χ1v) is 7.98. The Kier molecular flexibility index (Phi) is 6.98. The monoisotopic (exact) mass is 321 g/mol. The SMILES string of the molecule is C=CCNC(=O)Nc1ccc(NC(=O)CSC(C)(C)C)cc1. The van der Waals surface area contributed by atoms with Crippen LogP contribution in [0.4, 0.5) is 16.2 Å². The van der Waals surface area contributed by atoms with E-state index in [2.05, 4.69) is 43.3 Å². The zero-order valence-electron chi connectivity index (χ0n) is 13.2. The van der Waals surface area contributed by atoms with Crippen LogP contribution in [-0.4, -0.2) is 29.0 Å². The van der Waals surface area contributed by atoms with Gasteiger partial charge in [0.2, 0.25) is 5.91 Å². The van der Waals surface area contributed by atoms with Crippen LogP contribution in [0.2, 0.25) is 0 Å². The molecule has 5 nitrogen and oxygen atoms in total. The van der Waals surface area contributed by atoms with Gasteiger partial charge in [0.1, 0.15) is 0 Å². The molecular formula is C16H23N3O2S. The van der Waals surface area contributed by atoms with E-state index in [9.17, 15) is 9.59 Å². The van der Waals surface area contributed by atoms with E-state index in [0.717, 1.165) is 0 Å². The predicted molar refractivity (Wildman–Crippen MR) is 94.5 cm³/mol. The Labute approximate surface area is 135 Å². The summed E-state index contributed by atoms with van der Waals surface area (Å²) in [5.74, 6) is 0.373. The summed E-state index contributed by atoms with van der Waals surface area (Å²) in [6.45, 7) is 10.1. The fraction of sp³-hybridized carbons (Fsp3) is 0.375. The third-order valence-electron chi connectivity index (χ3n) is 2.47. The molecule has 22 heavy (non-hydrogen) atoms. The molecule has 6 heteroatoms. The van der Waals surface area contributed by atoms with Gasteiger partial charge < -0.3 is 16.0 Å². The lowest BCUT2D eigenvalue weighted by atomic mass is 10.3. The van der Waals surface area contributed by atoms with Gasteiger partial charge in [0.05, 0.1) is 5.75 Å². The van der Waals surface area contributed by atoms with Gasteiger partial charge in [-0.1, -0.05) is 26.8 Å². The van der Waals surface area contributed by atoms with Crippen molar-refractivity contribution in [3.8, 4) is 0 Å². The van der Waals surface area contributed by atoms with Crippen LogP contribution >= 0.6 is 11.8 Å². The van der Waals surface area contributed by atoms with Gasteiger partial charge in [0, 0.05) is 22.7 Å². The first-order valence-electron chi connectivity index (χ1n) is 7.00. The summed E-state index contributed by atoms with van der Waals surface area (Å²) in [6.07, 6.45) is 1.60. The first-order chi connectivity index (χ1) is 10.3. The Morgan fingerprint density at radius 1 is 1.14 bits per heavy atom. The van der Waals surface area contributed by atoms with Crippen molar-refractivity contribution in [1.29, 1.82) is 0 Å². The number of benzene rings is 1. The highest BCUT2D eigenvalue weighted by Crippen LogP contribution is 2.23. The molecule has 1 aromatic carbocycles. The van der Waals surface area contributed by atoms with E-state index in [-0.39, 0.29) is 16.7 Å². The molecule has 0 bridgehead atoms. The van der Waals surface area contributed by atoms with Crippen molar-refractivity contribution in [2.45, 2.75) is 25.5 Å². The number of rotatable bonds is 6. The molecule has 120 valence electrons. The second-order valence-electron chi connectivity index (χ2n) is 5.65. The number of nitrogens with one attached hydrogen (secondary N) is 3. The summed E-state index contributed by atoms with van der Waals surface area (Å²) in [4.78, 5) is 23.3. The van der Waals surface area contributed by atoms with E-state index in [1.165, 1.54) is 0 Å². The molecule has 0 heterocycles. The number of urea groups is 1. The Hall–Kier alpha value is -1.95. The van der Waals surface area contributed by atoms with Crippen molar-refractivity contribution in [1.82, 2.24) is 5.32 Å². The molecule has 3 amide bonds. The molecule has 0 fully saturated rings. The Bertz CT molecular complexity index is 521. The van der Waals surface area contributed by atoms with Crippen LogP contribution < -0.4 is 16.0 Å². The Balaban J connectivity index is 2.46. The van der Waals surface area contributed by atoms with E-state index in [1.54, 1.807) is 42.1 Å². The van der Waals surface area contributed by atoms with E-state index in [0.29, 0.717) is 23.7 Å². The maximum Gasteiger partial charge on any atom is 0.319 e. The normalized spacial score (nSPS) is 10.7. The van der Waals surface area contributed by atoms with E-state index in [4.69, 9.17) is 0 Å². The zero-order valence-corrected chi connectivity index (χ0v) is 14.0. The lowest BCUT2D eigenvalue weighted by Crippen LogP contribution is -2.28. The molecule has 0 aliphatic rings. The van der Waals surface area contributed by atoms with Gasteiger partial charge in [-0.3, -0.25) is 4.79 Å². The van der Waals surface area contributed by atoms with Crippen LogP contribution in [0, 0.1) is 0 Å². The van der Waals surface area contributed by atoms with Crippen LogP contribution in [0.25, 0.3) is 0 Å². The van der Waals surface area contributed by atoms with Crippen molar-refractivity contribution in [2.24, 2.45) is 0 Å². The van der Waals surface area contributed by atoms with Crippen LogP contribution in [0.5, 0.6) is 0 Å². The van der Waals surface area contributed by atoms with E-state index >= 15 is 0 Å². The molecule has 0 saturated carbocycles. The summed E-state index contributed by atoms with van der Waals surface area (Å²) in [5.41, 5.74) is 1.36. The molecule has 0 radical (unpaired) electrons. The summed E-state index contributed by atoms with van der Waals surface area (Å²) < 4.78 is 0.0594. The molecule has 1 aromatic rings. The smallest absolute Gasteiger partial charge is 0.319 e. The molecule has 0 unspecified atom stereocenters. The van der Waals surface area contributed by atoms with Gasteiger partial charge in [-0.2, -0.15) is 0 Å². The maximum atomic E-state index is 11.8. The third-order valence-corrected chi connectivity index (χ3v) is 3.74. The minimum absolute atomic E-state index is 0.0376. The molecule has 3 N–H and O–H groups in total. The number of carbonyl (C=O) groups is 2. The van der Waals surface area contributed by atoms with Crippen LogP contribution in [-0.2, 0) is 4.79 Å². The fourth-order valence-electron chi connectivity index (χ4n) is 1.46. The number of amides is 3. The molecule has 0 saturated heterocycles. The van der Waals surface area contributed by atoms with Crippen LogP contribution in [0.15, 0.2) is 36.9 Å². The number of hydrogen-bond acceptors (Lipinski definition) is 3. The van der Waals surface area contributed by atoms with Gasteiger partial charge in [0.25, 0.3) is 0 Å². The minimum atomic E-state index is -0.293. The zero-order chi connectivity index (χ0) is 16.6. The van der Waals surface area contributed by atoms with Crippen LogP contribution in [0.1, 0.15) is 20.8 Å². The molecule has 0 atom stereocenters. The number of anilines is 2. The quantitative estimate of drug-likeness (QED) is 0.703. The van der Waals surface area contributed by atoms with Crippen LogP contribution in [0.3, 0.4) is 0 Å². The molecular weight excluding hydrogens is 298 g/mol. The fourth-order valence-corrected chi connectivity index (χ4v) is 2.09. The van der Waals surface area contributed by atoms with Gasteiger partial charge in [-0.05, 0) is 24.3 Å². The number of thioether (sulfide) groups is 1. The number of carbonyl (C=O) groups excluding carboxylic acids is 2. The van der Waals surface area contributed by atoms with Crippen molar-refractivity contribution >= 4 is 35.1 Å². The average molecular weight is 321 g/mol. The highest BCUT2D eigenvalue weighted by Gasteiger charge is 2.13. The van der Waals surface area contributed by atoms with E-state index in [1.807, 2.05) is 0 Å². The molecule has 0 aliphatic carbocycles. The third kappa shape index (κ3) is 7.73. The summed E-state index contributed by atoms with van der Waals surface area (Å²) in [7, 11) is 0. The standard InChI is InChI=1S/C16H23N3O2S/c1-5-10-17-15(21)19-13-8-6-12(7-9-13)18-14(20)11-22-16(2,3)4/h5-9H,1,10-11H2,2-4H3,(H,18,20)(H2,17,19,21). The van der Waals surface area contributed by atoms with Crippen molar-refractivity contribution in [2.75, 3.05) is 22.9 Å². The largest absolute Gasteiger partial charge is 0.334 e. The second kappa shape index (κ2) is 8.48. The van der Waals surface area contributed by atoms with E-state index < -0.39 is 0 Å². The van der Waals surface area contributed by atoms with Gasteiger partial charge >= 0.3 is 6.03 Å². The summed E-state index contributed by atoms with van der Waals surface area (Å²) in [6, 6.07) is 6.68. The second-order valence-corrected chi connectivity index (χ2v) is 7.45. The summed E-state index contributed by atoms with van der Waals surface area (Å²) in [5, 5.41) is 8.13. The maximum absolute atomic E-state index is 11.8. The predicted octanol–water partition coefficient (Wildman–Crippen LogP) is 3.46. The van der Waals surface area contributed by atoms with Crippen molar-refractivity contribution in [3.05, 3.63) is 36.9 Å². The van der Waals surface area contributed by atoms with Crippen molar-refractivity contribution < 1.29 is 9.59 Å². The lowest BCUT2D eigenvalue weighted by molar-refractivity contribution is -0.113. The molecule has 0 aromatic heterocycles. The highest BCUT2D eigenvalue weighted by atomic mass is 32.2. The average Bonchev–Trinajstić information content (AvgIpc) is 2.44. The topological polar surface area (TPSA) is 70.2 Å². The molecule has 1 rings (SSSR count). The summed E-state index contributed by atoms with van der Waals surface area (Å²) >= 11 is 1.59. The molecule has 0 aliphatic heterocycles. The highest BCUT2D eigenvalue weighted by molar-refractivity contribution is 8.01. The van der Waals surface area contributed by atoms with Gasteiger partial charge in [0.15, 0.2) is 0 Å². The van der Waals surface area contributed by atoms with Gasteiger partial charge in [-0.25, -0.2) is 4.79 Å². The molecule has 0 spiro atoms. The van der Waals surface area contributed by atoms with Crippen molar-refractivity contribution in [3.63, 3.8) is 0 Å². The number of hydrogen-bond donors (Lipinski definition) is 3. The minimum Gasteiger partial charge on any atom is -0.334 e. The Morgan fingerprint density at radius 2 is 1.68 bits per heavy atom. The lowest BCUT2D eigenvalue weighted by Gasteiger charge is -2.17. The van der Waals surface area contributed by atoms with Gasteiger partial charge in [-0.15, -0.1) is 18.3 Å².